The van der Waals surface area contributed by atoms with E-state index < -0.39 is 17.4 Å². The van der Waals surface area contributed by atoms with Crippen molar-refractivity contribution in [1.29, 1.82) is 0 Å². The molecule has 0 aliphatic carbocycles. The lowest BCUT2D eigenvalue weighted by Crippen LogP contribution is -2.54. The molecule has 1 saturated heterocycles. The van der Waals surface area contributed by atoms with E-state index in [-0.39, 0.29) is 18.9 Å². The second-order valence-corrected chi connectivity index (χ2v) is 5.02. The fourth-order valence-corrected chi connectivity index (χ4v) is 2.73. The highest BCUT2D eigenvalue weighted by atomic mass is 16.5. The monoisotopic (exact) mass is 266 g/mol. The average Bonchev–Trinajstić information content (AvgIpc) is 2.68. The van der Waals surface area contributed by atoms with Crippen molar-refractivity contribution in [1.82, 2.24) is 9.55 Å². The van der Waals surface area contributed by atoms with Crippen LogP contribution in [0.5, 0.6) is 0 Å². The number of hydrogen-bond acceptors (Lipinski definition) is 4. The van der Waals surface area contributed by atoms with E-state index in [0.717, 1.165) is 12.8 Å². The van der Waals surface area contributed by atoms with Gasteiger partial charge in [-0.05, 0) is 19.3 Å². The summed E-state index contributed by atoms with van der Waals surface area (Å²) < 4.78 is 6.80. The maximum absolute atomic E-state index is 11.5. The number of fused-ring (bicyclic) bond motifs is 1. The molecule has 3 rings (SSSR count). The standard InChI is InChI=1S/C12H14N2O5/c15-9(16)8-7-3-1-2-4-14(7)10(13-8)12(11(17)18)5-19-6-12/h1-6H2,(H,15,16)(H,17,18). The molecule has 0 amide bonds. The zero-order valence-corrected chi connectivity index (χ0v) is 10.3. The highest BCUT2D eigenvalue weighted by Crippen LogP contribution is 2.35. The second-order valence-electron chi connectivity index (χ2n) is 5.02. The first-order valence-corrected chi connectivity index (χ1v) is 6.20. The Morgan fingerprint density at radius 3 is 2.53 bits per heavy atom. The highest BCUT2D eigenvalue weighted by Gasteiger charge is 2.52. The molecular formula is C12H14N2O5. The summed E-state index contributed by atoms with van der Waals surface area (Å²) in [7, 11) is 0. The van der Waals surface area contributed by atoms with Gasteiger partial charge in [-0.15, -0.1) is 0 Å². The summed E-state index contributed by atoms with van der Waals surface area (Å²) in [4.78, 5) is 26.8. The number of ether oxygens (including phenoxy) is 1. The molecular weight excluding hydrogens is 252 g/mol. The molecule has 0 unspecified atom stereocenters. The third kappa shape index (κ3) is 1.58. The van der Waals surface area contributed by atoms with Crippen molar-refractivity contribution in [2.45, 2.75) is 31.2 Å². The molecule has 7 nitrogen and oxygen atoms in total. The number of carbonyl (C=O) groups is 2. The second kappa shape index (κ2) is 4.06. The zero-order valence-electron chi connectivity index (χ0n) is 10.3. The maximum atomic E-state index is 11.5. The molecule has 2 aliphatic heterocycles. The van der Waals surface area contributed by atoms with E-state index in [0.29, 0.717) is 24.5 Å². The summed E-state index contributed by atoms with van der Waals surface area (Å²) in [5, 5.41) is 18.6. The third-order valence-corrected chi connectivity index (χ3v) is 3.85. The predicted octanol–water partition coefficient (Wildman–Crippen LogP) is 0.270. The van der Waals surface area contributed by atoms with Crippen LogP contribution in [0.3, 0.4) is 0 Å². The maximum Gasteiger partial charge on any atom is 0.356 e. The fraction of sp³-hybridized carbons (Fsp3) is 0.583. The highest BCUT2D eigenvalue weighted by molar-refractivity contribution is 5.88. The number of hydrogen-bond donors (Lipinski definition) is 2. The van der Waals surface area contributed by atoms with E-state index in [1.165, 1.54) is 0 Å². The molecule has 102 valence electrons. The van der Waals surface area contributed by atoms with E-state index in [2.05, 4.69) is 4.98 Å². The Morgan fingerprint density at radius 1 is 1.26 bits per heavy atom. The predicted molar refractivity (Wildman–Crippen MR) is 62.3 cm³/mol. The van der Waals surface area contributed by atoms with Crippen LogP contribution in [0.4, 0.5) is 0 Å². The Bertz CT molecular complexity index is 559. The van der Waals surface area contributed by atoms with Crippen molar-refractivity contribution in [3.63, 3.8) is 0 Å². The zero-order chi connectivity index (χ0) is 13.6. The van der Waals surface area contributed by atoms with Gasteiger partial charge in [0.2, 0.25) is 0 Å². The van der Waals surface area contributed by atoms with Gasteiger partial charge in [0.15, 0.2) is 11.1 Å². The first-order valence-electron chi connectivity index (χ1n) is 6.20. The van der Waals surface area contributed by atoms with Gasteiger partial charge in [-0.1, -0.05) is 0 Å². The van der Waals surface area contributed by atoms with Crippen molar-refractivity contribution in [2.75, 3.05) is 13.2 Å². The number of aromatic nitrogens is 2. The Morgan fingerprint density at radius 2 is 2.00 bits per heavy atom. The third-order valence-electron chi connectivity index (χ3n) is 3.85. The van der Waals surface area contributed by atoms with Crippen LogP contribution in [0.15, 0.2) is 0 Å². The van der Waals surface area contributed by atoms with E-state index >= 15 is 0 Å². The number of aliphatic carboxylic acids is 1. The topological polar surface area (TPSA) is 102 Å². The quantitative estimate of drug-likeness (QED) is 0.814. The van der Waals surface area contributed by atoms with Gasteiger partial charge < -0.3 is 19.5 Å². The first kappa shape index (κ1) is 12.2. The minimum Gasteiger partial charge on any atom is -0.480 e. The van der Waals surface area contributed by atoms with Gasteiger partial charge in [-0.3, -0.25) is 4.79 Å². The van der Waals surface area contributed by atoms with E-state index in [1.54, 1.807) is 4.57 Å². The molecule has 1 aromatic rings. The van der Waals surface area contributed by atoms with Crippen LogP contribution in [-0.4, -0.2) is 44.9 Å². The van der Waals surface area contributed by atoms with Crippen molar-refractivity contribution in [3.8, 4) is 0 Å². The van der Waals surface area contributed by atoms with Crippen LogP contribution < -0.4 is 0 Å². The lowest BCUT2D eigenvalue weighted by molar-refractivity contribution is -0.164. The Kier molecular flexibility index (Phi) is 2.60. The molecule has 1 fully saturated rings. The summed E-state index contributed by atoms with van der Waals surface area (Å²) in [6.45, 7) is 0.732. The number of carboxylic acid groups (broad SMARTS) is 2. The largest absolute Gasteiger partial charge is 0.480 e. The molecule has 19 heavy (non-hydrogen) atoms. The average molecular weight is 266 g/mol. The molecule has 2 N–H and O–H groups in total. The smallest absolute Gasteiger partial charge is 0.356 e. The van der Waals surface area contributed by atoms with E-state index in [9.17, 15) is 19.8 Å². The molecule has 0 atom stereocenters. The van der Waals surface area contributed by atoms with Crippen LogP contribution in [0, 0.1) is 0 Å². The molecule has 1 aromatic heterocycles. The molecule has 0 radical (unpaired) electrons. The molecule has 3 heterocycles. The summed E-state index contributed by atoms with van der Waals surface area (Å²) in [5.74, 6) is -1.77. The number of rotatable bonds is 3. The minimum absolute atomic E-state index is 0.0118. The van der Waals surface area contributed by atoms with Crippen LogP contribution in [-0.2, 0) is 27.9 Å². The van der Waals surface area contributed by atoms with Crippen molar-refractivity contribution in [2.24, 2.45) is 0 Å². The van der Waals surface area contributed by atoms with Crippen LogP contribution in [0.25, 0.3) is 0 Å². The van der Waals surface area contributed by atoms with Gasteiger partial charge in [0.25, 0.3) is 0 Å². The van der Waals surface area contributed by atoms with E-state index in [1.807, 2.05) is 0 Å². The van der Waals surface area contributed by atoms with Crippen LogP contribution in [0.1, 0.15) is 34.8 Å². The Labute approximate surface area is 108 Å². The number of nitrogens with zero attached hydrogens (tertiary/aromatic N) is 2. The SMILES string of the molecule is O=C(O)c1nc(C2(C(=O)O)COC2)n2c1CCCC2. The van der Waals surface area contributed by atoms with Crippen molar-refractivity contribution < 1.29 is 24.5 Å². The number of carboxylic acids is 2. The molecule has 2 aliphatic rings. The van der Waals surface area contributed by atoms with Gasteiger partial charge in [0.1, 0.15) is 5.82 Å². The minimum atomic E-state index is -1.18. The van der Waals surface area contributed by atoms with Gasteiger partial charge in [0.05, 0.1) is 18.9 Å². The molecule has 7 heteroatoms. The molecule has 0 bridgehead atoms. The number of imidazole rings is 1. The number of aromatic carboxylic acids is 1. The Balaban J connectivity index is 2.16. The van der Waals surface area contributed by atoms with Gasteiger partial charge in [-0.25, -0.2) is 9.78 Å². The van der Waals surface area contributed by atoms with Gasteiger partial charge in [-0.2, -0.15) is 0 Å². The van der Waals surface area contributed by atoms with Gasteiger partial charge >= 0.3 is 11.9 Å². The summed E-state index contributed by atoms with van der Waals surface area (Å²) in [5.41, 5.74) is -0.553. The fourth-order valence-electron chi connectivity index (χ4n) is 2.73. The lowest BCUT2D eigenvalue weighted by atomic mass is 9.85. The molecule has 0 saturated carbocycles. The molecule has 0 aromatic carbocycles. The first-order chi connectivity index (χ1) is 9.06. The molecule has 0 spiro atoms. The van der Waals surface area contributed by atoms with Crippen LogP contribution in [0.2, 0.25) is 0 Å². The summed E-state index contributed by atoms with van der Waals surface area (Å²) in [6, 6.07) is 0. The van der Waals surface area contributed by atoms with E-state index in [4.69, 9.17) is 4.74 Å². The van der Waals surface area contributed by atoms with Gasteiger partial charge in [0, 0.05) is 6.54 Å². The normalized spacial score (nSPS) is 20.4. The van der Waals surface area contributed by atoms with Crippen LogP contribution >= 0.6 is 0 Å². The summed E-state index contributed by atoms with van der Waals surface area (Å²) >= 11 is 0. The van der Waals surface area contributed by atoms with Crippen molar-refractivity contribution >= 4 is 11.9 Å². The van der Waals surface area contributed by atoms with Crippen molar-refractivity contribution in [3.05, 3.63) is 17.2 Å². The summed E-state index contributed by atoms with van der Waals surface area (Å²) in [6.07, 6.45) is 2.44. The lowest BCUT2D eigenvalue weighted by Gasteiger charge is -2.37. The Hall–Kier alpha value is -1.89.